The normalized spacial score (nSPS) is 10.6. The minimum atomic E-state index is 0.667. The van der Waals surface area contributed by atoms with E-state index in [1.54, 1.807) is 0 Å². The van der Waals surface area contributed by atoms with Gasteiger partial charge in [-0.3, -0.25) is 9.80 Å². The van der Waals surface area contributed by atoms with Gasteiger partial charge in [0.25, 0.3) is 0 Å². The lowest BCUT2D eigenvalue weighted by atomic mass is 10.3. The van der Waals surface area contributed by atoms with E-state index in [9.17, 15) is 0 Å². The molecular weight excluding hydrogens is 224 g/mol. The summed E-state index contributed by atoms with van der Waals surface area (Å²) in [6.07, 6.45) is 12.7. The second-order valence-electron chi connectivity index (χ2n) is 4.25. The summed E-state index contributed by atoms with van der Waals surface area (Å²) in [5.41, 5.74) is 11.0. The van der Waals surface area contributed by atoms with Crippen molar-refractivity contribution in [3.05, 3.63) is 0 Å². The van der Waals surface area contributed by atoms with Crippen LogP contribution < -0.4 is 11.5 Å². The van der Waals surface area contributed by atoms with Gasteiger partial charge in [0.1, 0.15) is 0 Å². The van der Waals surface area contributed by atoms with E-state index in [0.29, 0.717) is 26.2 Å². The molecule has 4 N–H and O–H groups in total. The first-order valence-corrected chi connectivity index (χ1v) is 6.50. The fraction of sp³-hybridized carbons (Fsp3) is 0.714. The highest BCUT2D eigenvalue weighted by Gasteiger charge is 2.07. The van der Waals surface area contributed by atoms with Gasteiger partial charge in [0.2, 0.25) is 0 Å². The van der Waals surface area contributed by atoms with Crippen molar-refractivity contribution in [2.75, 3.05) is 52.4 Å². The molecule has 0 aliphatic heterocycles. The molecule has 0 fully saturated rings. The Kier molecular flexibility index (Phi) is 11.7. The Morgan fingerprint density at radius 3 is 1.39 bits per heavy atom. The van der Waals surface area contributed by atoms with Gasteiger partial charge in [-0.2, -0.15) is 0 Å². The van der Waals surface area contributed by atoms with Crippen LogP contribution in [0.3, 0.4) is 0 Å². The lowest BCUT2D eigenvalue weighted by molar-refractivity contribution is 0.229. The average molecular weight is 250 g/mol. The molecule has 4 nitrogen and oxygen atoms in total. The van der Waals surface area contributed by atoms with E-state index >= 15 is 0 Å². The number of nitrogens with two attached hydrogens (primary N) is 2. The third-order valence-corrected chi connectivity index (χ3v) is 2.72. The van der Waals surface area contributed by atoms with Crippen LogP contribution in [0.25, 0.3) is 0 Å². The second kappa shape index (κ2) is 12.4. The van der Waals surface area contributed by atoms with E-state index < -0.39 is 0 Å². The van der Waals surface area contributed by atoms with Crippen LogP contribution in [-0.4, -0.2) is 62.2 Å². The van der Waals surface area contributed by atoms with Gasteiger partial charge in [0.15, 0.2) is 0 Å². The maximum Gasteiger partial charge on any atom is 0.0599 e. The van der Waals surface area contributed by atoms with E-state index in [4.69, 9.17) is 24.3 Å². The summed E-state index contributed by atoms with van der Waals surface area (Å²) < 4.78 is 0. The molecule has 0 aliphatic carbocycles. The van der Waals surface area contributed by atoms with E-state index in [0.717, 1.165) is 39.0 Å². The van der Waals surface area contributed by atoms with Gasteiger partial charge >= 0.3 is 0 Å². The Morgan fingerprint density at radius 1 is 0.722 bits per heavy atom. The van der Waals surface area contributed by atoms with E-state index in [1.165, 1.54) is 0 Å². The van der Waals surface area contributed by atoms with E-state index in [-0.39, 0.29) is 0 Å². The van der Waals surface area contributed by atoms with Crippen molar-refractivity contribution in [1.29, 1.82) is 0 Å². The summed E-state index contributed by atoms with van der Waals surface area (Å²) in [4.78, 5) is 4.47. The number of nitrogens with zero attached hydrogens (tertiary/aromatic N) is 2. The predicted octanol–water partition coefficient (Wildman–Crippen LogP) is -0.446. The summed E-state index contributed by atoms with van der Waals surface area (Å²) in [5, 5.41) is 0. The van der Waals surface area contributed by atoms with Crippen LogP contribution in [0.15, 0.2) is 0 Å². The maximum absolute atomic E-state index is 5.51. The van der Waals surface area contributed by atoms with Crippen LogP contribution in [0.5, 0.6) is 0 Å². The van der Waals surface area contributed by atoms with Crippen LogP contribution >= 0.6 is 0 Å². The van der Waals surface area contributed by atoms with Crippen LogP contribution in [0.4, 0.5) is 0 Å². The Balaban J connectivity index is 4.02. The van der Waals surface area contributed by atoms with Crippen molar-refractivity contribution in [3.8, 4) is 24.7 Å². The van der Waals surface area contributed by atoms with Crippen molar-refractivity contribution in [1.82, 2.24) is 9.80 Å². The second-order valence-corrected chi connectivity index (χ2v) is 4.25. The van der Waals surface area contributed by atoms with Gasteiger partial charge in [-0.25, -0.2) is 0 Å². The summed E-state index contributed by atoms with van der Waals surface area (Å²) in [6, 6.07) is 0. The van der Waals surface area contributed by atoms with Crippen LogP contribution in [0.2, 0.25) is 0 Å². The summed E-state index contributed by atoms with van der Waals surface area (Å²) in [7, 11) is 0. The zero-order valence-electron chi connectivity index (χ0n) is 11.3. The van der Waals surface area contributed by atoms with Crippen molar-refractivity contribution in [2.24, 2.45) is 11.5 Å². The predicted molar refractivity (Wildman–Crippen MR) is 77.9 cm³/mol. The van der Waals surface area contributed by atoms with E-state index in [1.807, 2.05) is 0 Å². The third kappa shape index (κ3) is 9.04. The molecule has 0 aromatic rings. The Labute approximate surface area is 112 Å². The third-order valence-electron chi connectivity index (χ3n) is 2.72. The molecule has 0 aromatic carbocycles. The molecule has 0 aliphatic rings. The lowest BCUT2D eigenvalue weighted by Crippen LogP contribution is -2.37. The Bertz CT molecular complexity index is 236. The number of hydrogen-bond donors (Lipinski definition) is 2. The first-order valence-electron chi connectivity index (χ1n) is 6.50. The molecule has 0 radical (unpaired) electrons. The molecular formula is C14H26N4. The number of hydrogen-bond acceptors (Lipinski definition) is 4. The van der Waals surface area contributed by atoms with Gasteiger partial charge in [-0.15, -0.1) is 12.8 Å². The number of rotatable bonds is 11. The summed E-state index contributed by atoms with van der Waals surface area (Å²) in [6.45, 7) is 6.47. The first-order chi connectivity index (χ1) is 8.78. The minimum Gasteiger partial charge on any atom is -0.330 e. The molecule has 102 valence electrons. The molecule has 0 bridgehead atoms. The quantitative estimate of drug-likeness (QED) is 0.488. The SMILES string of the molecule is C#CCN(CCCN)CCN(CC#C)CCCN. The molecule has 0 saturated heterocycles. The molecule has 0 spiro atoms. The van der Waals surface area contributed by atoms with Gasteiger partial charge < -0.3 is 11.5 Å². The van der Waals surface area contributed by atoms with Crippen molar-refractivity contribution in [3.63, 3.8) is 0 Å². The zero-order valence-corrected chi connectivity index (χ0v) is 11.3. The van der Waals surface area contributed by atoms with Crippen LogP contribution in [0, 0.1) is 24.7 Å². The fourth-order valence-electron chi connectivity index (χ4n) is 1.71. The lowest BCUT2D eigenvalue weighted by Gasteiger charge is -2.25. The minimum absolute atomic E-state index is 0.667. The molecule has 0 rings (SSSR count). The Morgan fingerprint density at radius 2 is 1.11 bits per heavy atom. The summed E-state index contributed by atoms with van der Waals surface area (Å²) in [5.74, 6) is 5.36. The molecule has 0 atom stereocenters. The number of terminal acetylenes is 2. The highest BCUT2D eigenvalue weighted by Crippen LogP contribution is 1.95. The largest absolute Gasteiger partial charge is 0.330 e. The maximum atomic E-state index is 5.51. The van der Waals surface area contributed by atoms with Gasteiger partial charge in [-0.1, -0.05) is 11.8 Å². The molecule has 4 heteroatoms. The monoisotopic (exact) mass is 250 g/mol. The molecule has 0 unspecified atom stereocenters. The molecule has 0 amide bonds. The molecule has 0 saturated carbocycles. The highest BCUT2D eigenvalue weighted by molar-refractivity contribution is 4.90. The van der Waals surface area contributed by atoms with Crippen LogP contribution in [0.1, 0.15) is 12.8 Å². The smallest absolute Gasteiger partial charge is 0.0599 e. The zero-order chi connectivity index (χ0) is 13.6. The van der Waals surface area contributed by atoms with Gasteiger partial charge in [0, 0.05) is 26.2 Å². The topological polar surface area (TPSA) is 58.5 Å². The van der Waals surface area contributed by atoms with Crippen molar-refractivity contribution >= 4 is 0 Å². The standard InChI is InChI=1S/C14H26N4/c1-3-9-17(11-5-7-15)13-14-18(10-4-2)12-6-8-16/h1-2H,5-16H2. The molecule has 0 heterocycles. The Hall–Kier alpha value is -1.04. The van der Waals surface area contributed by atoms with Crippen molar-refractivity contribution < 1.29 is 0 Å². The van der Waals surface area contributed by atoms with Gasteiger partial charge in [0.05, 0.1) is 13.1 Å². The molecule has 18 heavy (non-hydrogen) atoms. The van der Waals surface area contributed by atoms with E-state index in [2.05, 4.69) is 21.6 Å². The first kappa shape index (κ1) is 17.0. The van der Waals surface area contributed by atoms with Crippen molar-refractivity contribution in [2.45, 2.75) is 12.8 Å². The van der Waals surface area contributed by atoms with Crippen LogP contribution in [-0.2, 0) is 0 Å². The molecule has 0 aromatic heterocycles. The highest BCUT2D eigenvalue weighted by atomic mass is 15.2. The average Bonchev–Trinajstić information content (AvgIpc) is 2.38. The van der Waals surface area contributed by atoms with Gasteiger partial charge in [-0.05, 0) is 25.9 Å². The fourth-order valence-corrected chi connectivity index (χ4v) is 1.71. The summed E-state index contributed by atoms with van der Waals surface area (Å²) >= 11 is 0.